The molecule has 0 saturated heterocycles. The smallest absolute Gasteiger partial charge is 0.126 e. The first kappa shape index (κ1) is 13.7. The monoisotopic (exact) mass is 280 g/mol. The average molecular weight is 280 g/mol. The van der Waals surface area contributed by atoms with Gasteiger partial charge in [-0.15, -0.1) is 0 Å². The van der Waals surface area contributed by atoms with Crippen LogP contribution in [0.1, 0.15) is 11.1 Å². The van der Waals surface area contributed by atoms with Crippen LogP contribution < -0.4 is 5.32 Å². The Kier molecular flexibility index (Phi) is 4.22. The maximum absolute atomic E-state index is 13.5. The number of pyridine rings is 1. The Morgan fingerprint density at radius 1 is 0.905 bits per heavy atom. The quantitative estimate of drug-likeness (QED) is 0.721. The minimum atomic E-state index is -0.133. The largest absolute Gasteiger partial charge is 0.312 e. The summed E-state index contributed by atoms with van der Waals surface area (Å²) >= 11 is 0. The highest BCUT2D eigenvalue weighted by atomic mass is 19.1. The van der Waals surface area contributed by atoms with Gasteiger partial charge in [-0.3, -0.25) is 4.98 Å². The number of rotatable bonds is 5. The Morgan fingerprint density at radius 3 is 2.62 bits per heavy atom. The summed E-state index contributed by atoms with van der Waals surface area (Å²) in [5.41, 5.74) is 2.95. The molecule has 0 unspecified atom stereocenters. The zero-order chi connectivity index (χ0) is 14.5. The van der Waals surface area contributed by atoms with Crippen molar-refractivity contribution in [2.45, 2.75) is 13.0 Å². The van der Waals surface area contributed by atoms with E-state index in [1.165, 1.54) is 11.6 Å². The lowest BCUT2D eigenvalue weighted by atomic mass is 10.1. The van der Waals surface area contributed by atoms with Gasteiger partial charge in [0.15, 0.2) is 0 Å². The maximum Gasteiger partial charge on any atom is 0.126 e. The van der Waals surface area contributed by atoms with Crippen LogP contribution in [0.15, 0.2) is 60.8 Å². The van der Waals surface area contributed by atoms with Gasteiger partial charge >= 0.3 is 0 Å². The summed E-state index contributed by atoms with van der Waals surface area (Å²) in [7, 11) is 0. The molecule has 0 aliphatic heterocycles. The van der Waals surface area contributed by atoms with Crippen LogP contribution in [0.5, 0.6) is 0 Å². The second-order valence-electron chi connectivity index (χ2n) is 5.01. The van der Waals surface area contributed by atoms with Crippen molar-refractivity contribution in [2.75, 3.05) is 6.54 Å². The van der Waals surface area contributed by atoms with Crippen molar-refractivity contribution in [3.05, 3.63) is 77.7 Å². The second-order valence-corrected chi connectivity index (χ2v) is 5.01. The Bertz CT molecular complexity index is 735. The Hall–Kier alpha value is -2.26. The fraction of sp³-hybridized carbons (Fsp3) is 0.167. The molecule has 0 fully saturated rings. The topological polar surface area (TPSA) is 24.9 Å². The maximum atomic E-state index is 13.5. The minimum absolute atomic E-state index is 0.133. The summed E-state index contributed by atoms with van der Waals surface area (Å²) < 4.78 is 13.5. The van der Waals surface area contributed by atoms with E-state index < -0.39 is 0 Å². The van der Waals surface area contributed by atoms with E-state index in [2.05, 4.69) is 28.5 Å². The van der Waals surface area contributed by atoms with Crippen LogP contribution in [0.3, 0.4) is 0 Å². The molecular formula is C18H17FN2. The van der Waals surface area contributed by atoms with Gasteiger partial charge in [-0.1, -0.05) is 42.5 Å². The fourth-order valence-electron chi connectivity index (χ4n) is 2.46. The number of halogens is 1. The molecule has 3 aromatic rings. The van der Waals surface area contributed by atoms with Crippen LogP contribution in [0.2, 0.25) is 0 Å². The van der Waals surface area contributed by atoms with Gasteiger partial charge in [0.25, 0.3) is 0 Å². The van der Waals surface area contributed by atoms with Crippen molar-refractivity contribution < 1.29 is 4.39 Å². The molecule has 106 valence electrons. The lowest BCUT2D eigenvalue weighted by Crippen LogP contribution is -2.17. The van der Waals surface area contributed by atoms with Crippen LogP contribution in [0.4, 0.5) is 4.39 Å². The van der Waals surface area contributed by atoms with E-state index in [0.717, 1.165) is 29.6 Å². The molecule has 3 heteroatoms. The summed E-state index contributed by atoms with van der Waals surface area (Å²) in [5, 5.41) is 4.51. The molecule has 2 nitrogen and oxygen atoms in total. The molecule has 3 rings (SSSR count). The molecule has 0 amide bonds. The van der Waals surface area contributed by atoms with Gasteiger partial charge in [-0.05, 0) is 36.2 Å². The average Bonchev–Trinajstić information content (AvgIpc) is 2.53. The van der Waals surface area contributed by atoms with Crippen molar-refractivity contribution >= 4 is 10.9 Å². The number of nitrogens with one attached hydrogen (secondary N) is 1. The van der Waals surface area contributed by atoms with E-state index in [1.54, 1.807) is 6.07 Å². The van der Waals surface area contributed by atoms with Gasteiger partial charge in [0.1, 0.15) is 5.82 Å². The molecule has 1 aromatic heterocycles. The highest BCUT2D eigenvalue weighted by Crippen LogP contribution is 2.15. The normalized spacial score (nSPS) is 10.9. The zero-order valence-corrected chi connectivity index (χ0v) is 11.7. The van der Waals surface area contributed by atoms with Crippen LogP contribution in [0.25, 0.3) is 10.9 Å². The molecule has 0 spiro atoms. The molecule has 1 N–H and O–H groups in total. The van der Waals surface area contributed by atoms with Crippen molar-refractivity contribution in [1.82, 2.24) is 10.3 Å². The van der Waals surface area contributed by atoms with E-state index >= 15 is 0 Å². The fourth-order valence-corrected chi connectivity index (χ4v) is 2.46. The first-order valence-electron chi connectivity index (χ1n) is 7.11. The first-order chi connectivity index (χ1) is 10.3. The molecule has 0 aliphatic rings. The SMILES string of the molecule is Fc1ccccc1CCNCc1cccc2cccnc12. The predicted octanol–water partition coefficient (Wildman–Crippen LogP) is 3.71. The summed E-state index contributed by atoms with van der Waals surface area (Å²) in [5.74, 6) is -0.133. The number of nitrogens with zero attached hydrogens (tertiary/aromatic N) is 1. The summed E-state index contributed by atoms with van der Waals surface area (Å²) in [6, 6.07) is 17.1. The molecule has 0 radical (unpaired) electrons. The van der Waals surface area contributed by atoms with Crippen LogP contribution in [0, 0.1) is 5.82 Å². The lowest BCUT2D eigenvalue weighted by molar-refractivity contribution is 0.598. The van der Waals surface area contributed by atoms with Crippen LogP contribution in [-0.4, -0.2) is 11.5 Å². The van der Waals surface area contributed by atoms with E-state index in [0.29, 0.717) is 6.42 Å². The third-order valence-electron chi connectivity index (χ3n) is 3.56. The predicted molar refractivity (Wildman–Crippen MR) is 83.6 cm³/mol. The molecule has 0 atom stereocenters. The molecule has 0 bridgehead atoms. The third-order valence-corrected chi connectivity index (χ3v) is 3.56. The molecule has 1 heterocycles. The zero-order valence-electron chi connectivity index (χ0n) is 11.7. The summed E-state index contributed by atoms with van der Waals surface area (Å²) in [6.07, 6.45) is 2.50. The Labute approximate surface area is 123 Å². The Morgan fingerprint density at radius 2 is 1.71 bits per heavy atom. The Balaban J connectivity index is 1.61. The molecule has 0 aliphatic carbocycles. The van der Waals surface area contributed by atoms with Gasteiger partial charge in [0.05, 0.1) is 5.52 Å². The van der Waals surface area contributed by atoms with Gasteiger partial charge < -0.3 is 5.32 Å². The molecular weight excluding hydrogens is 263 g/mol. The second kappa shape index (κ2) is 6.46. The third kappa shape index (κ3) is 3.26. The number of hydrogen-bond donors (Lipinski definition) is 1. The highest BCUT2D eigenvalue weighted by molar-refractivity contribution is 5.81. The van der Waals surface area contributed by atoms with E-state index in [4.69, 9.17) is 0 Å². The van der Waals surface area contributed by atoms with Crippen LogP contribution in [-0.2, 0) is 13.0 Å². The van der Waals surface area contributed by atoms with Crippen molar-refractivity contribution in [3.63, 3.8) is 0 Å². The minimum Gasteiger partial charge on any atom is -0.312 e. The summed E-state index contributed by atoms with van der Waals surface area (Å²) in [4.78, 5) is 4.43. The van der Waals surface area contributed by atoms with Gasteiger partial charge in [-0.2, -0.15) is 0 Å². The first-order valence-corrected chi connectivity index (χ1v) is 7.11. The van der Waals surface area contributed by atoms with E-state index in [-0.39, 0.29) is 5.82 Å². The van der Waals surface area contributed by atoms with Gasteiger partial charge in [0, 0.05) is 18.1 Å². The lowest BCUT2D eigenvalue weighted by Gasteiger charge is -2.08. The van der Waals surface area contributed by atoms with Crippen molar-refractivity contribution in [3.8, 4) is 0 Å². The van der Waals surface area contributed by atoms with Gasteiger partial charge in [0.2, 0.25) is 0 Å². The van der Waals surface area contributed by atoms with Crippen molar-refractivity contribution in [2.24, 2.45) is 0 Å². The highest BCUT2D eigenvalue weighted by Gasteiger charge is 2.02. The van der Waals surface area contributed by atoms with E-state index in [9.17, 15) is 4.39 Å². The number of hydrogen-bond acceptors (Lipinski definition) is 2. The number of aromatic nitrogens is 1. The standard InChI is InChI=1S/C18H17FN2/c19-17-9-2-1-5-14(17)10-12-20-13-16-7-3-6-15-8-4-11-21-18(15)16/h1-9,11,20H,10,12-13H2. The molecule has 21 heavy (non-hydrogen) atoms. The van der Waals surface area contributed by atoms with Crippen molar-refractivity contribution in [1.29, 1.82) is 0 Å². The van der Waals surface area contributed by atoms with Crippen LogP contribution >= 0.6 is 0 Å². The molecule has 2 aromatic carbocycles. The van der Waals surface area contributed by atoms with Gasteiger partial charge in [-0.25, -0.2) is 4.39 Å². The number of para-hydroxylation sites is 1. The molecule has 0 saturated carbocycles. The van der Waals surface area contributed by atoms with E-state index in [1.807, 2.05) is 30.5 Å². The summed E-state index contributed by atoms with van der Waals surface area (Å²) in [6.45, 7) is 1.48. The number of fused-ring (bicyclic) bond motifs is 1. The number of benzene rings is 2.